The summed E-state index contributed by atoms with van der Waals surface area (Å²) in [5, 5.41) is 2.71. The second-order valence-corrected chi connectivity index (χ2v) is 19.7. The third kappa shape index (κ3) is 9.36. The van der Waals surface area contributed by atoms with Crippen LogP contribution in [0.5, 0.6) is 11.5 Å². The molecule has 3 aromatic rings. The Kier molecular flexibility index (Phi) is 11.9. The molecule has 2 aliphatic carbocycles. The molecule has 61 heavy (non-hydrogen) atoms. The van der Waals surface area contributed by atoms with E-state index >= 15 is 0 Å². The topological polar surface area (TPSA) is 164 Å². The number of fused-ring (bicyclic) bond motifs is 1. The van der Waals surface area contributed by atoms with Crippen LogP contribution in [-0.4, -0.2) is 103 Å². The van der Waals surface area contributed by atoms with Crippen molar-refractivity contribution in [2.75, 3.05) is 26.7 Å². The fourth-order valence-corrected chi connectivity index (χ4v) is 9.83. The highest BCUT2D eigenvalue weighted by atomic mass is 32.2. The number of ether oxygens (including phenoxy) is 2. The zero-order valence-electron chi connectivity index (χ0n) is 34.7. The second-order valence-electron chi connectivity index (χ2n) is 17.8. The fourth-order valence-electron chi connectivity index (χ4n) is 8.47. The number of rotatable bonds is 13. The molecule has 4 fully saturated rings. The Morgan fingerprint density at radius 3 is 2.38 bits per heavy atom. The summed E-state index contributed by atoms with van der Waals surface area (Å²) in [6, 6.07) is 15.2. The Morgan fingerprint density at radius 2 is 1.75 bits per heavy atom. The number of pyridine rings is 1. The van der Waals surface area contributed by atoms with Crippen molar-refractivity contribution in [3.63, 3.8) is 0 Å². The molecule has 2 N–H and O–H groups in total. The van der Waals surface area contributed by atoms with E-state index in [4.69, 9.17) is 14.5 Å². The van der Waals surface area contributed by atoms with Gasteiger partial charge >= 0.3 is 6.18 Å². The first-order chi connectivity index (χ1) is 28.7. The van der Waals surface area contributed by atoms with E-state index in [1.165, 1.54) is 23.0 Å². The van der Waals surface area contributed by atoms with Crippen LogP contribution in [0.4, 0.5) is 13.2 Å². The summed E-state index contributed by atoms with van der Waals surface area (Å²) in [7, 11) is -2.43. The number of nitrogens with one attached hydrogen (secondary N) is 2. The van der Waals surface area contributed by atoms with Gasteiger partial charge in [-0.05, 0) is 49.7 Å². The smallest absolute Gasteiger partial charge is 0.393 e. The molecule has 4 amide bonds. The Hall–Kier alpha value is -5.19. The molecule has 2 unspecified atom stereocenters. The average molecular weight is 868 g/mol. The van der Waals surface area contributed by atoms with Gasteiger partial charge < -0.3 is 24.6 Å². The SMILES string of the molecule is C=CC1C[C@]1(NC(=O)[C@@H]1C[C@@H](Oc2cc(-c3ccccc3)nc3cc(OC)ccc23)CN1C(=O)[C@@H](CC(=O)N1CCCC(C(F)(F)F)C1)C(C)(C)C)C(=O)NS(=O)(=O)C1CC1. The zero-order chi connectivity index (χ0) is 44.1. The predicted molar refractivity (Wildman–Crippen MR) is 220 cm³/mol. The molecule has 2 aromatic carbocycles. The highest BCUT2D eigenvalue weighted by Gasteiger charge is 2.62. The van der Waals surface area contributed by atoms with E-state index in [0.717, 1.165) is 5.56 Å². The monoisotopic (exact) mass is 867 g/mol. The number of benzene rings is 2. The van der Waals surface area contributed by atoms with E-state index in [9.17, 15) is 40.8 Å². The number of methoxy groups -OCH3 is 1. The van der Waals surface area contributed by atoms with Gasteiger partial charge in [0, 0.05) is 54.9 Å². The highest BCUT2D eigenvalue weighted by molar-refractivity contribution is 7.91. The van der Waals surface area contributed by atoms with Crippen molar-refractivity contribution in [3.05, 3.63) is 67.3 Å². The number of nitrogens with zero attached hydrogens (tertiary/aromatic N) is 3. The number of sulfonamides is 1. The molecule has 17 heteroatoms. The van der Waals surface area contributed by atoms with Crippen LogP contribution in [0.3, 0.4) is 0 Å². The van der Waals surface area contributed by atoms with Crippen LogP contribution >= 0.6 is 0 Å². The lowest BCUT2D eigenvalue weighted by atomic mass is 9.77. The van der Waals surface area contributed by atoms with Crippen molar-refractivity contribution in [2.45, 2.75) is 94.8 Å². The van der Waals surface area contributed by atoms with Gasteiger partial charge in [-0.25, -0.2) is 13.4 Å². The molecule has 328 valence electrons. The summed E-state index contributed by atoms with van der Waals surface area (Å²) < 4.78 is 81.1. The Balaban J connectivity index is 1.21. The largest absolute Gasteiger partial charge is 0.497 e. The quantitative estimate of drug-likeness (QED) is 0.203. The summed E-state index contributed by atoms with van der Waals surface area (Å²) >= 11 is 0. The molecule has 2 saturated heterocycles. The number of aromatic nitrogens is 1. The van der Waals surface area contributed by atoms with Crippen molar-refractivity contribution >= 4 is 44.6 Å². The fraction of sp³-hybridized carbons (Fsp3) is 0.523. The van der Waals surface area contributed by atoms with Crippen LogP contribution in [0.1, 0.15) is 65.7 Å². The van der Waals surface area contributed by atoms with Gasteiger partial charge in [-0.3, -0.25) is 23.9 Å². The molecule has 2 saturated carbocycles. The minimum atomic E-state index is -4.47. The number of alkyl halides is 3. The number of hydrogen-bond acceptors (Lipinski definition) is 9. The van der Waals surface area contributed by atoms with Crippen molar-refractivity contribution in [1.29, 1.82) is 0 Å². The molecular weight excluding hydrogens is 816 g/mol. The molecule has 6 atom stereocenters. The summed E-state index contributed by atoms with van der Waals surface area (Å²) in [5.74, 6) is -5.17. The predicted octanol–water partition coefficient (Wildman–Crippen LogP) is 5.78. The number of piperidine rings is 1. The lowest BCUT2D eigenvalue weighted by Crippen LogP contribution is -2.57. The maximum Gasteiger partial charge on any atom is 0.393 e. The Labute approximate surface area is 353 Å². The van der Waals surface area contributed by atoms with Gasteiger partial charge in [-0.2, -0.15) is 13.2 Å². The van der Waals surface area contributed by atoms with Crippen molar-refractivity contribution in [1.82, 2.24) is 24.8 Å². The zero-order valence-corrected chi connectivity index (χ0v) is 35.5. The van der Waals surface area contributed by atoms with Crippen LogP contribution in [0.15, 0.2) is 67.3 Å². The molecule has 4 aliphatic rings. The average Bonchev–Trinajstić information content (AvgIpc) is 4.15. The van der Waals surface area contributed by atoms with Crippen molar-refractivity contribution in [3.8, 4) is 22.8 Å². The molecule has 2 aliphatic heterocycles. The van der Waals surface area contributed by atoms with Gasteiger partial charge in [0.1, 0.15) is 29.2 Å². The normalized spacial score (nSPS) is 24.8. The van der Waals surface area contributed by atoms with E-state index in [1.807, 2.05) is 30.3 Å². The summed E-state index contributed by atoms with van der Waals surface area (Å²) in [4.78, 5) is 64.2. The molecule has 13 nitrogen and oxygen atoms in total. The standard InChI is InChI=1S/C44H52F3N5O8S/c1-6-27-23-43(27,41(56)50-61(57,58)31-15-16-31)49-39(54)36-20-30(60-37-22-34(26-11-8-7-9-12-26)48-35-19-29(59-5)14-17-32(35)37)25-52(36)40(55)33(42(2,3)4)21-38(53)51-18-10-13-28(24-51)44(45,46)47/h6-9,11-12,14,17,19,22,27-28,30-31,33,36H,1,10,13,15-16,18,20-21,23-25H2,2-5H3,(H,49,54)(H,50,56)/t27?,28?,30-,33-,36+,43-/m1/s1. The number of carbonyl (C=O) groups excluding carboxylic acids is 4. The van der Waals surface area contributed by atoms with Gasteiger partial charge in [-0.1, -0.05) is 57.2 Å². The van der Waals surface area contributed by atoms with E-state index < -0.39 is 98.9 Å². The molecule has 7 rings (SSSR count). The third-order valence-electron chi connectivity index (χ3n) is 12.4. The molecule has 0 spiro atoms. The van der Waals surface area contributed by atoms with Gasteiger partial charge in [0.25, 0.3) is 5.91 Å². The number of hydrogen-bond donors (Lipinski definition) is 2. The summed E-state index contributed by atoms with van der Waals surface area (Å²) in [5.41, 5.74) is -0.571. The molecule has 1 aromatic heterocycles. The minimum Gasteiger partial charge on any atom is -0.497 e. The first-order valence-electron chi connectivity index (χ1n) is 20.6. The van der Waals surface area contributed by atoms with E-state index in [-0.39, 0.29) is 38.8 Å². The lowest BCUT2D eigenvalue weighted by Gasteiger charge is -2.38. The Bertz CT molecular complexity index is 2320. The molecule has 3 heterocycles. The first-order valence-corrected chi connectivity index (χ1v) is 22.1. The Morgan fingerprint density at radius 1 is 1.03 bits per heavy atom. The van der Waals surface area contributed by atoms with Gasteiger partial charge in [0.2, 0.25) is 27.7 Å². The van der Waals surface area contributed by atoms with E-state index in [2.05, 4.69) is 16.6 Å². The number of amides is 4. The van der Waals surface area contributed by atoms with Gasteiger partial charge in [-0.15, -0.1) is 6.58 Å². The first kappa shape index (κ1) is 43.9. The molecule has 0 bridgehead atoms. The highest BCUT2D eigenvalue weighted by Crippen LogP contribution is 2.46. The second kappa shape index (κ2) is 16.6. The maximum absolute atomic E-state index is 14.9. The van der Waals surface area contributed by atoms with Crippen molar-refractivity contribution in [2.24, 2.45) is 23.2 Å². The number of carbonyl (C=O) groups is 4. The third-order valence-corrected chi connectivity index (χ3v) is 14.2. The van der Waals surface area contributed by atoms with Crippen LogP contribution in [0, 0.1) is 23.2 Å². The molecule has 0 radical (unpaired) electrons. The van der Waals surface area contributed by atoms with Crippen LogP contribution in [-0.2, 0) is 29.2 Å². The maximum atomic E-state index is 14.9. The van der Waals surface area contributed by atoms with Crippen molar-refractivity contribution < 1.29 is 50.2 Å². The van der Waals surface area contributed by atoms with Gasteiger partial charge in [0.05, 0.1) is 42.0 Å². The minimum absolute atomic E-state index is 0.0563. The summed E-state index contributed by atoms with van der Waals surface area (Å²) in [6.45, 7) is 8.52. The number of halogens is 3. The summed E-state index contributed by atoms with van der Waals surface area (Å²) in [6.07, 6.45) is -3.28. The van der Waals surface area contributed by atoms with E-state index in [0.29, 0.717) is 40.9 Å². The molecular formula is C44H52F3N5O8S. The van der Waals surface area contributed by atoms with Crippen LogP contribution < -0.4 is 19.5 Å². The van der Waals surface area contributed by atoms with E-state index in [1.54, 1.807) is 45.0 Å². The van der Waals surface area contributed by atoms with Gasteiger partial charge in [0.15, 0.2) is 0 Å². The lowest BCUT2D eigenvalue weighted by molar-refractivity contribution is -0.188. The van der Waals surface area contributed by atoms with Crippen LogP contribution in [0.25, 0.3) is 22.2 Å². The number of likely N-dealkylation sites (tertiary alicyclic amines) is 2. The van der Waals surface area contributed by atoms with Crippen LogP contribution in [0.2, 0.25) is 0 Å².